The van der Waals surface area contributed by atoms with Crippen LogP contribution in [0.15, 0.2) is 42.5 Å². The summed E-state index contributed by atoms with van der Waals surface area (Å²) in [6.45, 7) is 2.60. The third-order valence-electron chi connectivity index (χ3n) is 4.05. The maximum Gasteiger partial charge on any atom is 0.252 e. The molecule has 0 unspecified atom stereocenters. The lowest BCUT2D eigenvalue weighted by Crippen LogP contribution is -2.34. The van der Waals surface area contributed by atoms with Crippen LogP contribution < -0.4 is 24.6 Å². The number of carboxylic acids is 1. The van der Waals surface area contributed by atoms with Gasteiger partial charge in [-0.05, 0) is 36.2 Å². The molecular formula is C21H24NO6-. The van der Waals surface area contributed by atoms with Crippen molar-refractivity contribution in [3.63, 3.8) is 0 Å². The van der Waals surface area contributed by atoms with E-state index in [-0.39, 0.29) is 6.42 Å². The van der Waals surface area contributed by atoms with Crippen molar-refractivity contribution in [3.8, 4) is 17.2 Å². The number of hydrogen-bond acceptors (Lipinski definition) is 6. The van der Waals surface area contributed by atoms with E-state index >= 15 is 0 Å². The number of carbonyl (C=O) groups is 2. The summed E-state index contributed by atoms with van der Waals surface area (Å²) < 4.78 is 15.9. The number of amides is 1. The summed E-state index contributed by atoms with van der Waals surface area (Å²) in [5, 5.41) is 13.9. The van der Waals surface area contributed by atoms with Crippen molar-refractivity contribution in [2.75, 3.05) is 20.8 Å². The summed E-state index contributed by atoms with van der Waals surface area (Å²) in [4.78, 5) is 23.9. The first kappa shape index (κ1) is 21.1. The fourth-order valence-electron chi connectivity index (χ4n) is 2.62. The molecule has 0 bridgehead atoms. The van der Waals surface area contributed by atoms with Gasteiger partial charge in [-0.25, -0.2) is 0 Å². The maximum absolute atomic E-state index is 12.7. The van der Waals surface area contributed by atoms with E-state index in [2.05, 4.69) is 5.32 Å². The lowest BCUT2D eigenvalue weighted by molar-refractivity contribution is -0.306. The second kappa shape index (κ2) is 10.2. The van der Waals surface area contributed by atoms with Gasteiger partial charge in [0.15, 0.2) is 0 Å². The Morgan fingerprint density at radius 2 is 1.61 bits per heavy atom. The van der Waals surface area contributed by atoms with Crippen molar-refractivity contribution in [1.82, 2.24) is 5.32 Å². The predicted molar refractivity (Wildman–Crippen MR) is 102 cm³/mol. The SMILES string of the molecule is CCCOc1ccc([C@@H](CC(=O)[O-])NC(=O)c2cc(OC)cc(OC)c2)cc1. The molecule has 28 heavy (non-hydrogen) atoms. The first-order chi connectivity index (χ1) is 13.5. The normalized spacial score (nSPS) is 11.4. The monoisotopic (exact) mass is 386 g/mol. The number of rotatable bonds is 10. The van der Waals surface area contributed by atoms with Gasteiger partial charge >= 0.3 is 0 Å². The highest BCUT2D eigenvalue weighted by Crippen LogP contribution is 2.25. The van der Waals surface area contributed by atoms with Crippen LogP contribution in [0.4, 0.5) is 0 Å². The van der Waals surface area contributed by atoms with E-state index in [1.54, 1.807) is 42.5 Å². The zero-order valence-electron chi connectivity index (χ0n) is 16.2. The van der Waals surface area contributed by atoms with Crippen LogP contribution in [0.1, 0.15) is 41.7 Å². The van der Waals surface area contributed by atoms with Crippen LogP contribution in [0.5, 0.6) is 17.2 Å². The average molecular weight is 386 g/mol. The molecule has 0 radical (unpaired) electrons. The molecule has 2 aromatic rings. The summed E-state index contributed by atoms with van der Waals surface area (Å²) in [5.41, 5.74) is 0.929. The van der Waals surface area contributed by atoms with Crippen LogP contribution in [0.2, 0.25) is 0 Å². The average Bonchev–Trinajstić information content (AvgIpc) is 2.71. The molecule has 0 aliphatic carbocycles. The highest BCUT2D eigenvalue weighted by molar-refractivity contribution is 5.95. The second-order valence-electron chi connectivity index (χ2n) is 6.12. The molecule has 0 aliphatic rings. The number of aliphatic carboxylic acids is 1. The van der Waals surface area contributed by atoms with Crippen LogP contribution in [0.25, 0.3) is 0 Å². The van der Waals surface area contributed by atoms with E-state index in [9.17, 15) is 14.7 Å². The van der Waals surface area contributed by atoms with Crippen molar-refractivity contribution in [2.45, 2.75) is 25.8 Å². The van der Waals surface area contributed by atoms with Gasteiger partial charge < -0.3 is 29.4 Å². The third-order valence-corrected chi connectivity index (χ3v) is 4.05. The first-order valence-electron chi connectivity index (χ1n) is 8.93. The van der Waals surface area contributed by atoms with Crippen LogP contribution >= 0.6 is 0 Å². The van der Waals surface area contributed by atoms with E-state index in [1.165, 1.54) is 14.2 Å². The first-order valence-corrected chi connectivity index (χ1v) is 8.93. The summed E-state index contributed by atoms with van der Waals surface area (Å²) in [6, 6.07) is 10.9. The number of hydrogen-bond donors (Lipinski definition) is 1. The van der Waals surface area contributed by atoms with Crippen molar-refractivity contribution < 1.29 is 28.9 Å². The Kier molecular flexibility index (Phi) is 7.68. The molecule has 0 heterocycles. The Hall–Kier alpha value is -3.22. The Labute approximate surface area is 164 Å². The van der Waals surface area contributed by atoms with Gasteiger partial charge in [0.1, 0.15) is 17.2 Å². The number of carbonyl (C=O) groups excluding carboxylic acids is 2. The zero-order valence-corrected chi connectivity index (χ0v) is 16.2. The maximum atomic E-state index is 12.7. The van der Waals surface area contributed by atoms with E-state index in [0.717, 1.165) is 6.42 Å². The van der Waals surface area contributed by atoms with Gasteiger partial charge in [0, 0.05) is 24.0 Å². The minimum atomic E-state index is -1.26. The molecule has 0 aromatic heterocycles. The topological polar surface area (TPSA) is 96.9 Å². The van der Waals surface area contributed by atoms with Gasteiger partial charge in [0.2, 0.25) is 0 Å². The Morgan fingerprint density at radius 1 is 1.00 bits per heavy atom. The van der Waals surface area contributed by atoms with Crippen molar-refractivity contribution in [2.24, 2.45) is 0 Å². The Morgan fingerprint density at radius 3 is 2.11 bits per heavy atom. The number of methoxy groups -OCH3 is 2. The van der Waals surface area contributed by atoms with Crippen LogP contribution in [-0.2, 0) is 4.79 Å². The molecule has 7 heteroatoms. The molecule has 150 valence electrons. The molecule has 1 N–H and O–H groups in total. The van der Waals surface area contributed by atoms with Crippen LogP contribution in [0.3, 0.4) is 0 Å². The van der Waals surface area contributed by atoms with Gasteiger partial charge in [-0.2, -0.15) is 0 Å². The fraction of sp³-hybridized carbons (Fsp3) is 0.333. The van der Waals surface area contributed by atoms with Gasteiger partial charge in [0.25, 0.3) is 5.91 Å². The summed E-state index contributed by atoms with van der Waals surface area (Å²) >= 11 is 0. The highest BCUT2D eigenvalue weighted by Gasteiger charge is 2.18. The standard InChI is InChI=1S/C21H25NO6/c1-4-9-28-16-7-5-14(6-8-16)19(13-20(23)24)22-21(25)15-10-17(26-2)12-18(11-15)27-3/h5-8,10-12,19H,4,9,13H2,1-3H3,(H,22,25)(H,23,24)/p-1/t19-/m1/s1. The Bertz CT molecular complexity index is 781. The highest BCUT2D eigenvalue weighted by atomic mass is 16.5. The molecule has 0 spiro atoms. The quantitative estimate of drug-likeness (QED) is 0.672. The minimum Gasteiger partial charge on any atom is -0.550 e. The van der Waals surface area contributed by atoms with Crippen LogP contribution in [-0.4, -0.2) is 32.7 Å². The van der Waals surface area contributed by atoms with E-state index < -0.39 is 17.9 Å². The van der Waals surface area contributed by atoms with Gasteiger partial charge in [-0.1, -0.05) is 19.1 Å². The number of benzene rings is 2. The number of ether oxygens (including phenoxy) is 3. The molecule has 7 nitrogen and oxygen atoms in total. The summed E-state index contributed by atoms with van der Waals surface area (Å²) in [7, 11) is 2.97. The van der Waals surface area contributed by atoms with Crippen molar-refractivity contribution in [1.29, 1.82) is 0 Å². The molecule has 1 amide bonds. The second-order valence-corrected chi connectivity index (χ2v) is 6.12. The summed E-state index contributed by atoms with van der Waals surface area (Å²) in [6.07, 6.45) is 0.525. The number of nitrogens with one attached hydrogen (secondary N) is 1. The molecule has 0 aliphatic heterocycles. The van der Waals surface area contributed by atoms with Crippen LogP contribution in [0, 0.1) is 0 Å². The molecule has 2 aromatic carbocycles. The van der Waals surface area contributed by atoms with E-state index in [4.69, 9.17) is 14.2 Å². The largest absolute Gasteiger partial charge is 0.550 e. The third kappa shape index (κ3) is 5.90. The van der Waals surface area contributed by atoms with Gasteiger partial charge in [0.05, 0.1) is 26.9 Å². The molecule has 0 saturated carbocycles. The molecule has 0 saturated heterocycles. The number of carboxylic acid groups (broad SMARTS) is 1. The zero-order chi connectivity index (χ0) is 20.5. The van der Waals surface area contributed by atoms with Gasteiger partial charge in [-0.15, -0.1) is 0 Å². The summed E-state index contributed by atoms with van der Waals surface area (Å²) in [5.74, 6) is -0.118. The van der Waals surface area contributed by atoms with Crippen molar-refractivity contribution in [3.05, 3.63) is 53.6 Å². The van der Waals surface area contributed by atoms with Crippen molar-refractivity contribution >= 4 is 11.9 Å². The van der Waals surface area contributed by atoms with Gasteiger partial charge in [-0.3, -0.25) is 4.79 Å². The fourth-order valence-corrected chi connectivity index (χ4v) is 2.62. The minimum absolute atomic E-state index is 0.294. The smallest absolute Gasteiger partial charge is 0.252 e. The van der Waals surface area contributed by atoms with E-state index in [0.29, 0.717) is 35.0 Å². The molecule has 0 fully saturated rings. The molecular weight excluding hydrogens is 362 g/mol. The predicted octanol–water partition coefficient (Wildman–Crippen LogP) is 2.10. The lowest BCUT2D eigenvalue weighted by atomic mass is 10.0. The molecule has 2 rings (SSSR count). The molecule has 1 atom stereocenters. The Balaban J connectivity index is 2.22. The lowest BCUT2D eigenvalue weighted by Gasteiger charge is -2.20. The van der Waals surface area contributed by atoms with E-state index in [1.807, 2.05) is 6.92 Å².